The van der Waals surface area contributed by atoms with Gasteiger partial charge in [-0.15, -0.1) is 0 Å². The van der Waals surface area contributed by atoms with Crippen molar-refractivity contribution in [2.24, 2.45) is 7.05 Å². The van der Waals surface area contributed by atoms with E-state index in [0.717, 1.165) is 49.0 Å². The monoisotopic (exact) mass is 326 g/mol. The van der Waals surface area contributed by atoms with Gasteiger partial charge in [-0.05, 0) is 12.1 Å². The number of aromatic nitrogens is 5. The SMILES string of the molecule is CCc1nc([C@H]2CN(Cc3nc4ccccc4n3C)CCO2)n[nH]1. The number of nitrogens with one attached hydrogen (secondary N) is 1. The van der Waals surface area contributed by atoms with Crippen molar-refractivity contribution in [1.29, 1.82) is 0 Å². The predicted octanol–water partition coefficient (Wildman–Crippen LogP) is 1.83. The highest BCUT2D eigenvalue weighted by atomic mass is 16.5. The van der Waals surface area contributed by atoms with E-state index in [-0.39, 0.29) is 6.10 Å². The lowest BCUT2D eigenvalue weighted by Gasteiger charge is -2.31. The molecule has 1 saturated heterocycles. The summed E-state index contributed by atoms with van der Waals surface area (Å²) in [7, 11) is 2.07. The normalized spacial score (nSPS) is 19.2. The van der Waals surface area contributed by atoms with Crippen molar-refractivity contribution < 1.29 is 4.74 Å². The van der Waals surface area contributed by atoms with Gasteiger partial charge in [0.2, 0.25) is 0 Å². The minimum atomic E-state index is -0.0787. The Morgan fingerprint density at radius 3 is 2.96 bits per heavy atom. The van der Waals surface area contributed by atoms with E-state index in [1.54, 1.807) is 0 Å². The van der Waals surface area contributed by atoms with Crippen LogP contribution in [0.25, 0.3) is 11.0 Å². The van der Waals surface area contributed by atoms with E-state index in [1.807, 2.05) is 12.1 Å². The van der Waals surface area contributed by atoms with E-state index in [4.69, 9.17) is 9.72 Å². The van der Waals surface area contributed by atoms with Gasteiger partial charge < -0.3 is 9.30 Å². The van der Waals surface area contributed by atoms with Crippen molar-refractivity contribution in [2.45, 2.75) is 26.0 Å². The lowest BCUT2D eigenvalue weighted by molar-refractivity contribution is -0.0379. The molecule has 7 heteroatoms. The standard InChI is InChI=1S/C17H22N6O/c1-3-15-19-17(21-20-15)14-10-23(8-9-24-14)11-16-18-12-6-4-5-7-13(12)22(16)2/h4-7,14H,3,8-11H2,1-2H3,(H,19,20,21)/t14-/m1/s1. The first-order valence-corrected chi connectivity index (χ1v) is 8.40. The van der Waals surface area contributed by atoms with Crippen LogP contribution < -0.4 is 0 Å². The lowest BCUT2D eigenvalue weighted by Crippen LogP contribution is -2.38. The molecule has 24 heavy (non-hydrogen) atoms. The highest BCUT2D eigenvalue weighted by Crippen LogP contribution is 2.22. The second-order valence-electron chi connectivity index (χ2n) is 6.16. The molecule has 4 rings (SSSR count). The molecule has 1 fully saturated rings. The fourth-order valence-electron chi connectivity index (χ4n) is 3.15. The summed E-state index contributed by atoms with van der Waals surface area (Å²) in [6.45, 7) is 5.22. The minimum absolute atomic E-state index is 0.0787. The molecule has 1 atom stereocenters. The zero-order chi connectivity index (χ0) is 16.5. The molecule has 1 aliphatic rings. The molecule has 0 aliphatic carbocycles. The van der Waals surface area contributed by atoms with Gasteiger partial charge in [-0.3, -0.25) is 10.00 Å². The van der Waals surface area contributed by atoms with Crippen molar-refractivity contribution in [3.05, 3.63) is 41.7 Å². The largest absolute Gasteiger partial charge is 0.367 e. The van der Waals surface area contributed by atoms with Crippen LogP contribution in [0.15, 0.2) is 24.3 Å². The molecule has 3 aromatic rings. The van der Waals surface area contributed by atoms with E-state index in [2.05, 4.69) is 50.8 Å². The van der Waals surface area contributed by atoms with Crippen molar-refractivity contribution in [3.63, 3.8) is 0 Å². The van der Waals surface area contributed by atoms with Crippen LogP contribution >= 0.6 is 0 Å². The summed E-state index contributed by atoms with van der Waals surface area (Å²) in [6.07, 6.45) is 0.772. The fourth-order valence-corrected chi connectivity index (χ4v) is 3.15. The van der Waals surface area contributed by atoms with Crippen LogP contribution in [0.3, 0.4) is 0 Å². The number of hydrogen-bond donors (Lipinski definition) is 1. The number of nitrogens with zero attached hydrogens (tertiary/aromatic N) is 5. The van der Waals surface area contributed by atoms with Crippen molar-refractivity contribution >= 4 is 11.0 Å². The van der Waals surface area contributed by atoms with Crippen LogP contribution in [-0.2, 0) is 24.8 Å². The van der Waals surface area contributed by atoms with Gasteiger partial charge in [-0.2, -0.15) is 5.10 Å². The zero-order valence-corrected chi connectivity index (χ0v) is 14.1. The van der Waals surface area contributed by atoms with Gasteiger partial charge >= 0.3 is 0 Å². The Balaban J connectivity index is 1.50. The lowest BCUT2D eigenvalue weighted by atomic mass is 10.2. The number of hydrogen-bond acceptors (Lipinski definition) is 5. The molecular weight excluding hydrogens is 304 g/mol. The van der Waals surface area contributed by atoms with Gasteiger partial charge in [0, 0.05) is 26.6 Å². The number of aromatic amines is 1. The minimum Gasteiger partial charge on any atom is -0.367 e. The van der Waals surface area contributed by atoms with Crippen LogP contribution in [0.4, 0.5) is 0 Å². The first-order chi connectivity index (χ1) is 11.7. The Morgan fingerprint density at radius 2 is 2.17 bits per heavy atom. The average Bonchev–Trinajstić information content (AvgIpc) is 3.21. The number of ether oxygens (including phenoxy) is 1. The van der Waals surface area contributed by atoms with Gasteiger partial charge in [-0.1, -0.05) is 19.1 Å². The molecule has 126 valence electrons. The summed E-state index contributed by atoms with van der Waals surface area (Å²) in [5.74, 6) is 2.73. The fraction of sp³-hybridized carbons (Fsp3) is 0.471. The number of rotatable bonds is 4. The van der Waals surface area contributed by atoms with Crippen molar-refractivity contribution in [2.75, 3.05) is 19.7 Å². The molecule has 1 aromatic carbocycles. The molecule has 2 aromatic heterocycles. The summed E-state index contributed by atoms with van der Waals surface area (Å²) in [5.41, 5.74) is 2.21. The van der Waals surface area contributed by atoms with Crippen molar-refractivity contribution in [3.8, 4) is 0 Å². The molecule has 0 spiro atoms. The van der Waals surface area contributed by atoms with Gasteiger partial charge in [0.05, 0.1) is 24.2 Å². The summed E-state index contributed by atoms with van der Waals surface area (Å²) >= 11 is 0. The molecule has 0 unspecified atom stereocenters. The first-order valence-electron chi connectivity index (χ1n) is 8.40. The molecule has 0 saturated carbocycles. The number of aryl methyl sites for hydroxylation is 2. The number of H-pyrrole nitrogens is 1. The quantitative estimate of drug-likeness (QED) is 0.792. The van der Waals surface area contributed by atoms with E-state index in [1.165, 1.54) is 5.52 Å². The molecule has 1 N–H and O–H groups in total. The Morgan fingerprint density at radius 1 is 1.29 bits per heavy atom. The van der Waals surface area contributed by atoms with Crippen molar-refractivity contribution in [1.82, 2.24) is 29.6 Å². The maximum absolute atomic E-state index is 5.87. The summed E-state index contributed by atoms with van der Waals surface area (Å²) in [4.78, 5) is 11.6. The topological polar surface area (TPSA) is 71.9 Å². The zero-order valence-electron chi connectivity index (χ0n) is 14.1. The highest BCUT2D eigenvalue weighted by Gasteiger charge is 2.26. The number of morpholine rings is 1. The third kappa shape index (κ3) is 2.81. The Hall–Kier alpha value is -2.25. The Labute approximate surface area is 140 Å². The molecule has 1 aliphatic heterocycles. The van der Waals surface area contributed by atoms with Gasteiger partial charge in [0.25, 0.3) is 0 Å². The van der Waals surface area contributed by atoms with E-state index < -0.39 is 0 Å². The van der Waals surface area contributed by atoms with Crippen LogP contribution in [0.2, 0.25) is 0 Å². The maximum atomic E-state index is 5.87. The van der Waals surface area contributed by atoms with E-state index in [9.17, 15) is 0 Å². The number of para-hydroxylation sites is 2. The third-order valence-corrected chi connectivity index (χ3v) is 4.57. The second kappa shape index (κ2) is 6.33. The molecule has 0 bridgehead atoms. The van der Waals surface area contributed by atoms with Crippen LogP contribution in [-0.4, -0.2) is 49.3 Å². The Bertz CT molecular complexity index is 839. The summed E-state index contributed by atoms with van der Waals surface area (Å²) in [5, 5.41) is 7.26. The van der Waals surface area contributed by atoms with E-state index in [0.29, 0.717) is 6.61 Å². The molecule has 3 heterocycles. The summed E-state index contributed by atoms with van der Waals surface area (Å²) < 4.78 is 8.03. The number of fused-ring (bicyclic) bond motifs is 1. The van der Waals surface area contributed by atoms with Crippen LogP contribution in [0.5, 0.6) is 0 Å². The first kappa shape index (κ1) is 15.3. The predicted molar refractivity (Wildman–Crippen MR) is 90.4 cm³/mol. The molecule has 7 nitrogen and oxygen atoms in total. The highest BCUT2D eigenvalue weighted by molar-refractivity contribution is 5.75. The van der Waals surface area contributed by atoms with Gasteiger partial charge in [-0.25, -0.2) is 9.97 Å². The molecule has 0 radical (unpaired) electrons. The molecule has 0 amide bonds. The second-order valence-corrected chi connectivity index (χ2v) is 6.16. The number of imidazole rings is 1. The Kier molecular flexibility index (Phi) is 4.03. The molecular formula is C17H22N6O. The maximum Gasteiger partial charge on any atom is 0.180 e. The average molecular weight is 326 g/mol. The number of benzene rings is 1. The summed E-state index contributed by atoms with van der Waals surface area (Å²) in [6, 6.07) is 8.24. The third-order valence-electron chi connectivity index (χ3n) is 4.57. The smallest absolute Gasteiger partial charge is 0.180 e. The van der Waals surface area contributed by atoms with Crippen LogP contribution in [0, 0.1) is 0 Å². The van der Waals surface area contributed by atoms with Crippen LogP contribution in [0.1, 0.15) is 30.5 Å². The van der Waals surface area contributed by atoms with Gasteiger partial charge in [0.15, 0.2) is 5.82 Å². The van der Waals surface area contributed by atoms with E-state index >= 15 is 0 Å². The van der Waals surface area contributed by atoms with Gasteiger partial charge in [0.1, 0.15) is 17.8 Å².